The summed E-state index contributed by atoms with van der Waals surface area (Å²) < 4.78 is 1.35. The minimum absolute atomic E-state index is 0.00396. The number of aromatic nitrogens is 3. The Hall–Kier alpha value is -1.84. The lowest BCUT2D eigenvalue weighted by atomic mass is 9.93. The van der Waals surface area contributed by atoms with Crippen molar-refractivity contribution in [3.8, 4) is 0 Å². The van der Waals surface area contributed by atoms with E-state index >= 15 is 0 Å². The van der Waals surface area contributed by atoms with Crippen molar-refractivity contribution in [2.24, 2.45) is 5.92 Å². The number of rotatable bonds is 6. The number of fused-ring (bicyclic) bond motifs is 1. The van der Waals surface area contributed by atoms with Crippen molar-refractivity contribution in [3.05, 3.63) is 27.1 Å². The molecule has 2 aromatic rings. The summed E-state index contributed by atoms with van der Waals surface area (Å²) in [5, 5.41) is 15.5. The standard InChI is InChI=1S/C18H27N5O3S/c1-4-15-20-23-16(25)9-12(19-18(23)27-15)10-21-8-7-14(24)13(11-21)17(26)22(5-2)6-3/h9,13-14,24H,4-8,10-11H2,1-3H3/t13-,14+/m0/s1. The second kappa shape index (κ2) is 8.45. The molecule has 0 bridgehead atoms. The Kier molecular flexibility index (Phi) is 6.23. The number of carbonyl (C=O) groups excluding carboxylic acids is 1. The summed E-state index contributed by atoms with van der Waals surface area (Å²) in [6, 6.07) is 1.51. The number of hydrogen-bond acceptors (Lipinski definition) is 7. The van der Waals surface area contributed by atoms with Crippen molar-refractivity contribution >= 4 is 22.2 Å². The molecule has 2 atom stereocenters. The lowest BCUT2D eigenvalue weighted by Crippen LogP contribution is -2.50. The van der Waals surface area contributed by atoms with Gasteiger partial charge in [-0.1, -0.05) is 18.3 Å². The van der Waals surface area contributed by atoms with Crippen molar-refractivity contribution in [2.45, 2.75) is 46.3 Å². The van der Waals surface area contributed by atoms with Gasteiger partial charge in [-0.3, -0.25) is 14.5 Å². The molecule has 1 aliphatic heterocycles. The van der Waals surface area contributed by atoms with Gasteiger partial charge >= 0.3 is 0 Å². The van der Waals surface area contributed by atoms with Crippen molar-refractivity contribution in [2.75, 3.05) is 26.2 Å². The Bertz CT molecular complexity index is 860. The van der Waals surface area contributed by atoms with Crippen LogP contribution >= 0.6 is 11.3 Å². The molecule has 0 saturated carbocycles. The molecule has 1 saturated heterocycles. The van der Waals surface area contributed by atoms with E-state index in [1.807, 2.05) is 20.8 Å². The van der Waals surface area contributed by atoms with E-state index in [0.717, 1.165) is 11.4 Å². The highest BCUT2D eigenvalue weighted by atomic mass is 32.1. The highest BCUT2D eigenvalue weighted by molar-refractivity contribution is 7.16. The van der Waals surface area contributed by atoms with Gasteiger partial charge in [0.05, 0.1) is 17.7 Å². The number of likely N-dealkylation sites (tertiary alicyclic amines) is 1. The first-order chi connectivity index (χ1) is 13.0. The van der Waals surface area contributed by atoms with Crippen molar-refractivity contribution in [1.82, 2.24) is 24.4 Å². The second-order valence-electron chi connectivity index (χ2n) is 6.84. The fraction of sp³-hybridized carbons (Fsp3) is 0.667. The van der Waals surface area contributed by atoms with E-state index in [9.17, 15) is 14.7 Å². The van der Waals surface area contributed by atoms with E-state index in [-0.39, 0.29) is 11.5 Å². The molecular formula is C18H27N5O3S. The minimum atomic E-state index is -0.621. The van der Waals surface area contributed by atoms with E-state index < -0.39 is 12.0 Å². The number of carbonyl (C=O) groups is 1. The van der Waals surface area contributed by atoms with Gasteiger partial charge in [0.1, 0.15) is 5.01 Å². The van der Waals surface area contributed by atoms with Crippen LogP contribution in [-0.2, 0) is 17.8 Å². The molecular weight excluding hydrogens is 366 g/mol. The van der Waals surface area contributed by atoms with Gasteiger partial charge in [0.15, 0.2) is 0 Å². The monoisotopic (exact) mass is 393 g/mol. The van der Waals surface area contributed by atoms with Gasteiger partial charge in [-0.25, -0.2) is 4.98 Å². The van der Waals surface area contributed by atoms with Crippen molar-refractivity contribution in [1.29, 1.82) is 0 Å². The van der Waals surface area contributed by atoms with Crippen LogP contribution in [0.3, 0.4) is 0 Å². The molecule has 148 valence electrons. The summed E-state index contributed by atoms with van der Waals surface area (Å²) in [6.07, 6.45) is 0.686. The van der Waals surface area contributed by atoms with Gasteiger partial charge in [0, 0.05) is 38.8 Å². The van der Waals surface area contributed by atoms with Crippen LogP contribution in [0.2, 0.25) is 0 Å². The third-order valence-corrected chi connectivity index (χ3v) is 6.13. The molecule has 9 heteroatoms. The highest BCUT2D eigenvalue weighted by Gasteiger charge is 2.35. The summed E-state index contributed by atoms with van der Waals surface area (Å²) in [5.41, 5.74) is 0.496. The average molecular weight is 394 g/mol. The smallest absolute Gasteiger partial charge is 0.275 e. The first-order valence-corrected chi connectivity index (χ1v) is 10.4. The van der Waals surface area contributed by atoms with E-state index in [4.69, 9.17) is 0 Å². The molecule has 0 unspecified atom stereocenters. The Morgan fingerprint density at radius 2 is 2.11 bits per heavy atom. The second-order valence-corrected chi connectivity index (χ2v) is 7.88. The molecule has 0 aliphatic carbocycles. The van der Waals surface area contributed by atoms with Crippen LogP contribution in [0.4, 0.5) is 0 Å². The van der Waals surface area contributed by atoms with E-state index in [1.165, 1.54) is 21.9 Å². The topological polar surface area (TPSA) is 91.0 Å². The summed E-state index contributed by atoms with van der Waals surface area (Å²) >= 11 is 1.42. The van der Waals surface area contributed by atoms with Gasteiger partial charge in [0.2, 0.25) is 10.9 Å². The Morgan fingerprint density at radius 1 is 1.37 bits per heavy atom. The zero-order valence-corrected chi connectivity index (χ0v) is 16.9. The maximum absolute atomic E-state index is 12.7. The molecule has 1 N–H and O–H groups in total. The fourth-order valence-electron chi connectivity index (χ4n) is 3.51. The van der Waals surface area contributed by atoms with Crippen LogP contribution in [0.25, 0.3) is 4.96 Å². The third-order valence-electron chi connectivity index (χ3n) is 5.08. The predicted molar refractivity (Wildman–Crippen MR) is 104 cm³/mol. The number of piperidine rings is 1. The molecule has 1 aliphatic rings. The summed E-state index contributed by atoms with van der Waals surface area (Å²) in [6.45, 7) is 8.79. The number of aryl methyl sites for hydroxylation is 1. The zero-order valence-electron chi connectivity index (χ0n) is 16.1. The summed E-state index contributed by atoms with van der Waals surface area (Å²) in [5.74, 6) is -0.436. The summed E-state index contributed by atoms with van der Waals surface area (Å²) in [7, 11) is 0. The Labute approximate surface area is 162 Å². The van der Waals surface area contributed by atoms with E-state index in [0.29, 0.717) is 49.8 Å². The normalized spacial score (nSPS) is 20.9. The Balaban J connectivity index is 1.76. The minimum Gasteiger partial charge on any atom is -0.392 e. The van der Waals surface area contributed by atoms with Crippen LogP contribution in [0, 0.1) is 5.92 Å². The molecule has 3 rings (SSSR count). The molecule has 0 aromatic carbocycles. The van der Waals surface area contributed by atoms with E-state index in [1.54, 1.807) is 4.90 Å². The largest absolute Gasteiger partial charge is 0.392 e. The molecule has 2 aromatic heterocycles. The van der Waals surface area contributed by atoms with Gasteiger partial charge in [-0.05, 0) is 26.7 Å². The quantitative estimate of drug-likeness (QED) is 0.779. The lowest BCUT2D eigenvalue weighted by Gasteiger charge is -2.37. The Morgan fingerprint density at radius 3 is 2.78 bits per heavy atom. The molecule has 1 fully saturated rings. The molecule has 3 heterocycles. The SMILES string of the molecule is CCc1nn2c(=O)cc(CN3CC[C@@H](O)[C@@H](C(=O)N(CC)CC)C3)nc2s1. The number of amides is 1. The number of aliphatic hydroxyl groups is 1. The number of aliphatic hydroxyl groups excluding tert-OH is 1. The maximum Gasteiger partial charge on any atom is 0.275 e. The van der Waals surface area contributed by atoms with Crippen LogP contribution in [0.1, 0.15) is 37.9 Å². The zero-order chi connectivity index (χ0) is 19.6. The average Bonchev–Trinajstić information content (AvgIpc) is 3.08. The first kappa shape index (κ1) is 19.9. The van der Waals surface area contributed by atoms with Gasteiger partial charge in [0.25, 0.3) is 5.56 Å². The molecule has 27 heavy (non-hydrogen) atoms. The highest BCUT2D eigenvalue weighted by Crippen LogP contribution is 2.21. The summed E-state index contributed by atoms with van der Waals surface area (Å²) in [4.78, 5) is 34.0. The molecule has 0 radical (unpaired) electrons. The number of hydrogen-bond donors (Lipinski definition) is 1. The first-order valence-electron chi connectivity index (χ1n) is 9.54. The van der Waals surface area contributed by atoms with Gasteiger partial charge in [-0.15, -0.1) is 0 Å². The maximum atomic E-state index is 12.7. The van der Waals surface area contributed by atoms with Crippen LogP contribution in [-0.4, -0.2) is 67.7 Å². The van der Waals surface area contributed by atoms with Crippen LogP contribution in [0.5, 0.6) is 0 Å². The molecule has 1 amide bonds. The number of nitrogens with zero attached hydrogens (tertiary/aromatic N) is 5. The lowest BCUT2D eigenvalue weighted by molar-refractivity contribution is -0.142. The van der Waals surface area contributed by atoms with Crippen LogP contribution < -0.4 is 5.56 Å². The third kappa shape index (κ3) is 4.20. The molecule has 0 spiro atoms. The van der Waals surface area contributed by atoms with E-state index in [2.05, 4.69) is 15.0 Å². The molecule has 8 nitrogen and oxygen atoms in total. The predicted octanol–water partition coefficient (Wildman–Crippen LogP) is 0.765. The van der Waals surface area contributed by atoms with Crippen molar-refractivity contribution in [3.63, 3.8) is 0 Å². The fourth-order valence-corrected chi connectivity index (χ4v) is 4.37. The van der Waals surface area contributed by atoms with Crippen molar-refractivity contribution < 1.29 is 9.90 Å². The van der Waals surface area contributed by atoms with Gasteiger partial charge < -0.3 is 10.0 Å². The van der Waals surface area contributed by atoms with Gasteiger partial charge in [-0.2, -0.15) is 9.61 Å². The van der Waals surface area contributed by atoms with Crippen LogP contribution in [0.15, 0.2) is 10.9 Å².